The Morgan fingerprint density at radius 2 is 1.75 bits per heavy atom. The van der Waals surface area contributed by atoms with E-state index in [1.165, 1.54) is 5.56 Å². The highest BCUT2D eigenvalue weighted by molar-refractivity contribution is 5.55. The van der Waals surface area contributed by atoms with Gasteiger partial charge in [0.05, 0.1) is 25.5 Å². The van der Waals surface area contributed by atoms with E-state index in [9.17, 15) is 0 Å². The zero-order chi connectivity index (χ0) is 22.6. The third-order valence-corrected chi connectivity index (χ3v) is 5.15. The van der Waals surface area contributed by atoms with Crippen molar-refractivity contribution in [2.45, 2.75) is 39.4 Å². The van der Waals surface area contributed by atoms with E-state index < -0.39 is 0 Å². The van der Waals surface area contributed by atoms with Crippen molar-refractivity contribution < 1.29 is 18.7 Å². The Kier molecular flexibility index (Phi) is 6.66. The van der Waals surface area contributed by atoms with Crippen molar-refractivity contribution in [2.75, 3.05) is 38.3 Å². The van der Waals surface area contributed by atoms with Gasteiger partial charge in [0.15, 0.2) is 6.61 Å². The molecule has 0 bridgehead atoms. The summed E-state index contributed by atoms with van der Waals surface area (Å²) in [6.45, 7) is 9.79. The maximum Gasteiger partial charge on any atom is 0.264 e. The van der Waals surface area contributed by atoms with Gasteiger partial charge in [-0.25, -0.2) is 4.98 Å². The van der Waals surface area contributed by atoms with Gasteiger partial charge in [0.2, 0.25) is 17.7 Å². The van der Waals surface area contributed by atoms with Gasteiger partial charge < -0.3 is 23.6 Å². The number of morpholine rings is 1. The first-order chi connectivity index (χ1) is 15.4. The van der Waals surface area contributed by atoms with E-state index in [0.717, 1.165) is 24.3 Å². The summed E-state index contributed by atoms with van der Waals surface area (Å²) in [5.41, 5.74) is 2.98. The molecular weight excluding hydrogens is 410 g/mol. The van der Waals surface area contributed by atoms with Crippen molar-refractivity contribution in [3.8, 4) is 17.3 Å². The van der Waals surface area contributed by atoms with Crippen molar-refractivity contribution in [2.24, 2.45) is 0 Å². The first kappa shape index (κ1) is 22.2. The minimum absolute atomic E-state index is 0.0913. The lowest BCUT2D eigenvalue weighted by Crippen LogP contribution is -2.37. The number of methoxy groups -OCH3 is 1. The lowest BCUT2D eigenvalue weighted by molar-refractivity contribution is 0.121. The van der Waals surface area contributed by atoms with Crippen LogP contribution >= 0.6 is 0 Å². The number of anilines is 1. The summed E-state index contributed by atoms with van der Waals surface area (Å²) in [6, 6.07) is 9.95. The SMILES string of the molecule is COCc1cc(OCc2nc(-c3ccc(C(C)(C)C)cc3)no2)nc(N2CCOCC2)n1. The molecule has 1 aliphatic rings. The van der Waals surface area contributed by atoms with Crippen molar-refractivity contribution in [3.05, 3.63) is 47.5 Å². The smallest absolute Gasteiger partial charge is 0.264 e. The fraction of sp³-hybridized carbons (Fsp3) is 0.478. The Labute approximate surface area is 187 Å². The lowest BCUT2D eigenvalue weighted by Gasteiger charge is -2.27. The van der Waals surface area contributed by atoms with Crippen LogP contribution in [0.1, 0.15) is 37.9 Å². The van der Waals surface area contributed by atoms with E-state index in [1.54, 1.807) is 13.2 Å². The molecule has 0 N–H and O–H groups in total. The molecule has 1 aromatic carbocycles. The van der Waals surface area contributed by atoms with Crippen molar-refractivity contribution in [1.29, 1.82) is 0 Å². The summed E-state index contributed by atoms with van der Waals surface area (Å²) < 4.78 is 21.9. The second kappa shape index (κ2) is 9.62. The van der Waals surface area contributed by atoms with Gasteiger partial charge in [0.25, 0.3) is 5.89 Å². The number of rotatable bonds is 7. The van der Waals surface area contributed by atoms with Crippen molar-refractivity contribution in [1.82, 2.24) is 20.1 Å². The van der Waals surface area contributed by atoms with Gasteiger partial charge in [-0.15, -0.1) is 0 Å². The topological polar surface area (TPSA) is 95.6 Å². The number of hydrogen-bond donors (Lipinski definition) is 0. The molecule has 1 saturated heterocycles. The van der Waals surface area contributed by atoms with Gasteiger partial charge in [0.1, 0.15) is 0 Å². The number of ether oxygens (including phenoxy) is 3. The maximum atomic E-state index is 5.86. The molecule has 0 amide bonds. The Hall–Kier alpha value is -3.04. The van der Waals surface area contributed by atoms with E-state index in [0.29, 0.717) is 43.4 Å². The number of hydrogen-bond acceptors (Lipinski definition) is 9. The lowest BCUT2D eigenvalue weighted by atomic mass is 9.87. The average molecular weight is 440 g/mol. The monoisotopic (exact) mass is 439 g/mol. The summed E-state index contributed by atoms with van der Waals surface area (Å²) in [7, 11) is 1.63. The summed E-state index contributed by atoms with van der Waals surface area (Å²) in [5.74, 6) is 1.94. The van der Waals surface area contributed by atoms with E-state index >= 15 is 0 Å². The Bertz CT molecular complexity index is 1020. The average Bonchev–Trinajstić information content (AvgIpc) is 3.27. The first-order valence-electron chi connectivity index (χ1n) is 10.7. The third kappa shape index (κ3) is 5.41. The largest absolute Gasteiger partial charge is 0.467 e. The third-order valence-electron chi connectivity index (χ3n) is 5.15. The summed E-state index contributed by atoms with van der Waals surface area (Å²) in [6.07, 6.45) is 0. The summed E-state index contributed by atoms with van der Waals surface area (Å²) >= 11 is 0. The first-order valence-corrected chi connectivity index (χ1v) is 10.7. The van der Waals surface area contributed by atoms with Crippen LogP contribution in [0.25, 0.3) is 11.4 Å². The van der Waals surface area contributed by atoms with E-state index in [2.05, 4.69) is 57.9 Å². The zero-order valence-electron chi connectivity index (χ0n) is 19.0. The van der Waals surface area contributed by atoms with Gasteiger partial charge in [-0.3, -0.25) is 0 Å². The molecule has 0 unspecified atom stereocenters. The van der Waals surface area contributed by atoms with E-state index in [4.69, 9.17) is 18.7 Å². The standard InChI is InChI=1S/C23H29N5O4/c1-23(2,3)17-7-5-16(6-8-17)21-25-20(32-27-21)15-31-19-13-18(14-29-4)24-22(26-19)28-9-11-30-12-10-28/h5-8,13H,9-12,14-15H2,1-4H3. The normalized spacial score (nSPS) is 14.6. The van der Waals surface area contributed by atoms with Crippen LogP contribution in [-0.4, -0.2) is 53.5 Å². The highest BCUT2D eigenvalue weighted by Gasteiger charge is 2.18. The molecule has 1 aliphatic heterocycles. The molecule has 3 aromatic rings. The van der Waals surface area contributed by atoms with Crippen molar-refractivity contribution in [3.63, 3.8) is 0 Å². The van der Waals surface area contributed by atoms with Crippen LogP contribution in [0.4, 0.5) is 5.95 Å². The predicted molar refractivity (Wildman–Crippen MR) is 119 cm³/mol. The number of aromatic nitrogens is 4. The fourth-order valence-electron chi connectivity index (χ4n) is 3.35. The second-order valence-electron chi connectivity index (χ2n) is 8.66. The zero-order valence-corrected chi connectivity index (χ0v) is 19.0. The molecule has 2 aromatic heterocycles. The predicted octanol–water partition coefficient (Wildman–Crippen LogP) is 3.39. The van der Waals surface area contributed by atoms with E-state index in [-0.39, 0.29) is 12.0 Å². The van der Waals surface area contributed by atoms with Crippen LogP contribution in [0.3, 0.4) is 0 Å². The van der Waals surface area contributed by atoms with Gasteiger partial charge in [0, 0.05) is 31.8 Å². The molecule has 4 rings (SSSR count). The minimum atomic E-state index is 0.0913. The molecule has 0 radical (unpaired) electrons. The number of nitrogens with zero attached hydrogens (tertiary/aromatic N) is 5. The fourth-order valence-corrected chi connectivity index (χ4v) is 3.35. The molecule has 0 aliphatic carbocycles. The Morgan fingerprint density at radius 1 is 1.00 bits per heavy atom. The van der Waals surface area contributed by atoms with Gasteiger partial charge >= 0.3 is 0 Å². The Morgan fingerprint density at radius 3 is 2.44 bits per heavy atom. The molecular formula is C23H29N5O4. The van der Waals surface area contributed by atoms with Crippen LogP contribution in [0, 0.1) is 0 Å². The highest BCUT2D eigenvalue weighted by Crippen LogP contribution is 2.25. The molecule has 0 saturated carbocycles. The molecule has 170 valence electrons. The number of benzene rings is 1. The maximum absolute atomic E-state index is 5.86. The van der Waals surface area contributed by atoms with Crippen molar-refractivity contribution >= 4 is 5.95 Å². The molecule has 9 nitrogen and oxygen atoms in total. The van der Waals surface area contributed by atoms with Gasteiger partial charge in [-0.1, -0.05) is 50.2 Å². The highest BCUT2D eigenvalue weighted by atomic mass is 16.5. The minimum Gasteiger partial charge on any atom is -0.467 e. The molecule has 0 atom stereocenters. The van der Waals surface area contributed by atoms with Gasteiger partial charge in [-0.2, -0.15) is 9.97 Å². The Balaban J connectivity index is 1.45. The quantitative estimate of drug-likeness (QED) is 0.549. The molecule has 3 heterocycles. The second-order valence-corrected chi connectivity index (χ2v) is 8.66. The van der Waals surface area contributed by atoms with Crippen LogP contribution in [0.5, 0.6) is 5.88 Å². The van der Waals surface area contributed by atoms with Crippen LogP contribution in [0.2, 0.25) is 0 Å². The van der Waals surface area contributed by atoms with E-state index in [1.807, 2.05) is 12.1 Å². The molecule has 0 spiro atoms. The van der Waals surface area contributed by atoms with Crippen LogP contribution in [0.15, 0.2) is 34.9 Å². The summed E-state index contributed by atoms with van der Waals surface area (Å²) in [4.78, 5) is 15.6. The summed E-state index contributed by atoms with van der Waals surface area (Å²) in [5, 5.41) is 4.09. The molecule has 32 heavy (non-hydrogen) atoms. The van der Waals surface area contributed by atoms with Gasteiger partial charge in [-0.05, 0) is 11.0 Å². The van der Waals surface area contributed by atoms with Crippen LogP contribution < -0.4 is 9.64 Å². The molecule has 9 heteroatoms. The molecule has 1 fully saturated rings. The van der Waals surface area contributed by atoms with Crippen LogP contribution in [-0.2, 0) is 28.1 Å².